The molecule has 1 aliphatic rings. The van der Waals surface area contributed by atoms with Gasteiger partial charge >= 0.3 is 5.97 Å². The number of carbonyl (C=O) groups excluding carboxylic acids is 3. The van der Waals surface area contributed by atoms with Crippen LogP contribution in [0.5, 0.6) is 5.75 Å². The van der Waals surface area contributed by atoms with Gasteiger partial charge in [-0.25, -0.2) is 0 Å². The van der Waals surface area contributed by atoms with Gasteiger partial charge in [0.2, 0.25) is 5.91 Å². The molecule has 1 aliphatic heterocycles. The molecular weight excluding hydrogens is 384 g/mol. The second-order valence-corrected chi connectivity index (χ2v) is 6.91. The van der Waals surface area contributed by atoms with Gasteiger partial charge in [0, 0.05) is 30.8 Å². The number of rotatable bonds is 6. The third-order valence-corrected chi connectivity index (χ3v) is 4.48. The molecule has 0 aromatic heterocycles. The first-order valence-corrected chi connectivity index (χ1v) is 9.73. The number of nitrogens with one attached hydrogen (secondary N) is 2. The fourth-order valence-electron chi connectivity index (χ4n) is 3.05. The van der Waals surface area contributed by atoms with Crippen LogP contribution < -0.4 is 15.4 Å². The van der Waals surface area contributed by atoms with Crippen molar-refractivity contribution in [2.45, 2.75) is 26.3 Å². The van der Waals surface area contributed by atoms with Gasteiger partial charge in [-0.1, -0.05) is 23.8 Å². The van der Waals surface area contributed by atoms with Gasteiger partial charge in [0.25, 0.3) is 5.91 Å². The minimum atomic E-state index is -0.445. The van der Waals surface area contributed by atoms with Crippen LogP contribution in [0.1, 0.15) is 35.7 Å². The van der Waals surface area contributed by atoms with Crippen LogP contribution in [-0.2, 0) is 20.9 Å². The first-order chi connectivity index (χ1) is 14.5. The lowest BCUT2D eigenvalue weighted by Crippen LogP contribution is -2.23. The molecule has 3 rings (SSSR count). The van der Waals surface area contributed by atoms with Gasteiger partial charge in [0.1, 0.15) is 5.75 Å². The summed E-state index contributed by atoms with van der Waals surface area (Å²) in [5, 5.41) is 5.68. The van der Waals surface area contributed by atoms with Crippen LogP contribution in [0.2, 0.25) is 0 Å². The first-order valence-electron chi connectivity index (χ1n) is 9.73. The minimum Gasteiger partial charge on any atom is -0.427 e. The number of benzene rings is 2. The Bertz CT molecular complexity index is 960. The topological polar surface area (TPSA) is 93.7 Å². The summed E-state index contributed by atoms with van der Waals surface area (Å²) in [6, 6.07) is 13.7. The lowest BCUT2D eigenvalue weighted by atomic mass is 10.1. The average Bonchev–Trinajstić information content (AvgIpc) is 2.72. The molecule has 0 bridgehead atoms. The van der Waals surface area contributed by atoms with E-state index in [4.69, 9.17) is 9.47 Å². The highest BCUT2D eigenvalue weighted by atomic mass is 16.5. The number of carbonyl (C=O) groups is 3. The van der Waals surface area contributed by atoms with Gasteiger partial charge in [-0.2, -0.15) is 0 Å². The summed E-state index contributed by atoms with van der Waals surface area (Å²) in [7, 11) is 0. The quantitative estimate of drug-likeness (QED) is 0.435. The highest BCUT2D eigenvalue weighted by molar-refractivity contribution is 5.99. The highest BCUT2D eigenvalue weighted by Gasteiger charge is 2.10. The van der Waals surface area contributed by atoms with Crippen molar-refractivity contribution in [1.29, 1.82) is 0 Å². The number of hydrogen-bond acceptors (Lipinski definition) is 5. The van der Waals surface area contributed by atoms with Gasteiger partial charge < -0.3 is 20.1 Å². The molecule has 1 fully saturated rings. The predicted octanol–water partition coefficient (Wildman–Crippen LogP) is 3.22. The zero-order valence-corrected chi connectivity index (χ0v) is 16.8. The zero-order valence-electron chi connectivity index (χ0n) is 16.8. The molecule has 7 heteroatoms. The van der Waals surface area contributed by atoms with Crippen LogP contribution in [-0.4, -0.2) is 31.0 Å². The monoisotopic (exact) mass is 408 g/mol. The Labute approximate surface area is 175 Å². The number of hydrogen-bond donors (Lipinski definition) is 2. The maximum absolute atomic E-state index is 12.4. The van der Waals surface area contributed by atoms with Gasteiger partial charge in [-0.15, -0.1) is 0 Å². The van der Waals surface area contributed by atoms with Crippen LogP contribution in [0.15, 0.2) is 60.2 Å². The highest BCUT2D eigenvalue weighted by Crippen LogP contribution is 2.16. The predicted molar refractivity (Wildman–Crippen MR) is 112 cm³/mol. The average molecular weight is 408 g/mol. The van der Waals surface area contributed by atoms with E-state index in [9.17, 15) is 14.4 Å². The molecule has 156 valence electrons. The molecule has 2 aromatic rings. The van der Waals surface area contributed by atoms with E-state index in [2.05, 4.69) is 10.6 Å². The second kappa shape index (κ2) is 10.4. The number of anilines is 1. The van der Waals surface area contributed by atoms with Crippen molar-refractivity contribution in [3.8, 4) is 5.75 Å². The summed E-state index contributed by atoms with van der Waals surface area (Å²) in [5.41, 5.74) is 2.97. The Morgan fingerprint density at radius 2 is 1.83 bits per heavy atom. The lowest BCUT2D eigenvalue weighted by Gasteiger charge is -2.14. The fraction of sp³-hybridized carbons (Fsp3) is 0.261. The van der Waals surface area contributed by atoms with Gasteiger partial charge in [-0.3, -0.25) is 14.4 Å². The standard InChI is InChI=1S/C23H24N2O5/c1-16(26)30-21-7-3-5-19(14-21)23(28)24-15-18-4-2-6-20(12-18)25-22(27)13-17-8-10-29-11-9-17/h2-7,12-14H,8-11,15H2,1H3,(H,24,28)(H,25,27). The van der Waals surface area contributed by atoms with Gasteiger partial charge in [0.15, 0.2) is 0 Å². The molecule has 0 saturated carbocycles. The van der Waals surface area contributed by atoms with Gasteiger partial charge in [0.05, 0.1) is 13.2 Å². The molecular formula is C23H24N2O5. The normalized spacial score (nSPS) is 13.3. The number of ether oxygens (including phenoxy) is 2. The molecule has 0 aliphatic carbocycles. The molecule has 2 N–H and O–H groups in total. The molecule has 2 aromatic carbocycles. The Kier molecular flexibility index (Phi) is 7.34. The summed E-state index contributed by atoms with van der Waals surface area (Å²) >= 11 is 0. The van der Waals surface area contributed by atoms with E-state index >= 15 is 0 Å². The van der Waals surface area contributed by atoms with Crippen molar-refractivity contribution in [2.24, 2.45) is 0 Å². The molecule has 1 heterocycles. The van der Waals surface area contributed by atoms with E-state index in [1.807, 2.05) is 18.2 Å². The molecule has 0 radical (unpaired) electrons. The summed E-state index contributed by atoms with van der Waals surface area (Å²) in [6.07, 6.45) is 3.18. The fourth-order valence-corrected chi connectivity index (χ4v) is 3.05. The summed E-state index contributed by atoms with van der Waals surface area (Å²) < 4.78 is 10.3. The molecule has 30 heavy (non-hydrogen) atoms. The zero-order chi connectivity index (χ0) is 21.3. The maximum atomic E-state index is 12.4. The third kappa shape index (κ3) is 6.56. The minimum absolute atomic E-state index is 0.171. The first kappa shape index (κ1) is 21.3. The molecule has 0 unspecified atom stereocenters. The Balaban J connectivity index is 1.56. The van der Waals surface area contributed by atoms with Crippen molar-refractivity contribution in [3.05, 3.63) is 71.3 Å². The van der Waals surface area contributed by atoms with Crippen LogP contribution in [0.3, 0.4) is 0 Å². The largest absolute Gasteiger partial charge is 0.427 e. The van der Waals surface area contributed by atoms with E-state index in [0.717, 1.165) is 24.0 Å². The Morgan fingerprint density at radius 1 is 1.07 bits per heavy atom. The van der Waals surface area contributed by atoms with E-state index < -0.39 is 5.97 Å². The maximum Gasteiger partial charge on any atom is 0.308 e. The van der Waals surface area contributed by atoms with E-state index in [1.54, 1.807) is 30.3 Å². The smallest absolute Gasteiger partial charge is 0.308 e. The third-order valence-electron chi connectivity index (χ3n) is 4.48. The van der Waals surface area contributed by atoms with E-state index in [-0.39, 0.29) is 11.8 Å². The van der Waals surface area contributed by atoms with Crippen LogP contribution in [0, 0.1) is 0 Å². The van der Waals surface area contributed by atoms with E-state index in [0.29, 0.717) is 36.8 Å². The SMILES string of the molecule is CC(=O)Oc1cccc(C(=O)NCc2cccc(NC(=O)C=C3CCOCC3)c2)c1. The molecule has 0 spiro atoms. The van der Waals surface area contributed by atoms with E-state index in [1.165, 1.54) is 13.0 Å². The van der Waals surface area contributed by atoms with Crippen molar-refractivity contribution in [2.75, 3.05) is 18.5 Å². The van der Waals surface area contributed by atoms with Crippen LogP contribution in [0.25, 0.3) is 0 Å². The Hall–Kier alpha value is -3.45. The molecule has 7 nitrogen and oxygen atoms in total. The number of esters is 1. The van der Waals surface area contributed by atoms with Crippen LogP contribution in [0.4, 0.5) is 5.69 Å². The Morgan fingerprint density at radius 3 is 2.60 bits per heavy atom. The van der Waals surface area contributed by atoms with Crippen molar-refractivity contribution < 1.29 is 23.9 Å². The lowest BCUT2D eigenvalue weighted by molar-refractivity contribution is -0.131. The van der Waals surface area contributed by atoms with Crippen molar-refractivity contribution in [3.63, 3.8) is 0 Å². The second-order valence-electron chi connectivity index (χ2n) is 6.91. The van der Waals surface area contributed by atoms with Crippen molar-refractivity contribution >= 4 is 23.5 Å². The number of amides is 2. The molecule has 2 amide bonds. The molecule has 0 atom stereocenters. The van der Waals surface area contributed by atoms with Crippen molar-refractivity contribution in [1.82, 2.24) is 5.32 Å². The summed E-state index contributed by atoms with van der Waals surface area (Å²) in [4.78, 5) is 35.7. The summed E-state index contributed by atoms with van der Waals surface area (Å²) in [5.74, 6) is -0.588. The van der Waals surface area contributed by atoms with Gasteiger partial charge in [-0.05, 0) is 48.7 Å². The van der Waals surface area contributed by atoms with Crippen LogP contribution >= 0.6 is 0 Å². The molecule has 1 saturated heterocycles. The summed E-state index contributed by atoms with van der Waals surface area (Å²) in [6.45, 7) is 2.90.